The summed E-state index contributed by atoms with van der Waals surface area (Å²) < 4.78 is 10.6. The molecule has 21 heavy (non-hydrogen) atoms. The van der Waals surface area contributed by atoms with E-state index >= 15 is 0 Å². The molecule has 0 aromatic heterocycles. The molecule has 1 amide bonds. The average Bonchev–Trinajstić information content (AvgIpc) is 2.52. The summed E-state index contributed by atoms with van der Waals surface area (Å²) in [5, 5.41) is 2.83. The van der Waals surface area contributed by atoms with Crippen molar-refractivity contribution < 1.29 is 14.3 Å². The molecule has 110 valence electrons. The zero-order valence-electron chi connectivity index (χ0n) is 12.3. The Morgan fingerprint density at radius 1 is 1.14 bits per heavy atom. The number of benzene rings is 2. The molecule has 0 unspecified atom stereocenters. The molecule has 4 heteroatoms. The molecule has 2 aromatic carbocycles. The molecule has 1 N–H and O–H groups in total. The van der Waals surface area contributed by atoms with Gasteiger partial charge in [0.25, 0.3) is 5.91 Å². The standard InChI is InChI=1S/C17H19NO3/c1-13-10-14(8-9-16(13)20-2)11-18-17(19)12-21-15-6-4-3-5-7-15/h3-10H,11-12H2,1-2H3,(H,18,19). The van der Waals surface area contributed by atoms with E-state index in [9.17, 15) is 4.79 Å². The highest BCUT2D eigenvalue weighted by atomic mass is 16.5. The lowest BCUT2D eigenvalue weighted by Gasteiger charge is -2.09. The molecule has 0 saturated carbocycles. The van der Waals surface area contributed by atoms with Gasteiger partial charge in [-0.1, -0.05) is 30.3 Å². The fourth-order valence-corrected chi connectivity index (χ4v) is 1.97. The Bertz CT molecular complexity index is 596. The lowest BCUT2D eigenvalue weighted by atomic mass is 10.1. The van der Waals surface area contributed by atoms with Crippen molar-refractivity contribution in [3.63, 3.8) is 0 Å². The van der Waals surface area contributed by atoms with Gasteiger partial charge in [-0.3, -0.25) is 4.79 Å². The Balaban J connectivity index is 1.80. The second kappa shape index (κ2) is 7.33. The number of amides is 1. The smallest absolute Gasteiger partial charge is 0.258 e. The average molecular weight is 285 g/mol. The zero-order chi connectivity index (χ0) is 15.1. The minimum atomic E-state index is -0.146. The van der Waals surface area contributed by atoms with Gasteiger partial charge in [0.2, 0.25) is 0 Å². The van der Waals surface area contributed by atoms with E-state index in [1.165, 1.54) is 0 Å². The monoisotopic (exact) mass is 285 g/mol. The number of para-hydroxylation sites is 1. The van der Waals surface area contributed by atoms with E-state index in [0.717, 1.165) is 16.9 Å². The number of aryl methyl sites for hydroxylation is 1. The van der Waals surface area contributed by atoms with Crippen molar-refractivity contribution in [3.05, 3.63) is 59.7 Å². The first kappa shape index (κ1) is 14.9. The van der Waals surface area contributed by atoms with Crippen LogP contribution in [0.3, 0.4) is 0 Å². The van der Waals surface area contributed by atoms with E-state index in [-0.39, 0.29) is 12.5 Å². The van der Waals surface area contributed by atoms with E-state index in [2.05, 4.69) is 5.32 Å². The molecule has 0 fully saturated rings. The molecule has 0 radical (unpaired) electrons. The summed E-state index contributed by atoms with van der Waals surface area (Å²) in [7, 11) is 1.64. The van der Waals surface area contributed by atoms with Crippen molar-refractivity contribution in [1.82, 2.24) is 5.32 Å². The molecule has 4 nitrogen and oxygen atoms in total. The number of methoxy groups -OCH3 is 1. The van der Waals surface area contributed by atoms with Crippen molar-refractivity contribution in [3.8, 4) is 11.5 Å². The molecule has 2 rings (SSSR count). The summed E-state index contributed by atoms with van der Waals surface area (Å²) in [5.74, 6) is 1.39. The summed E-state index contributed by atoms with van der Waals surface area (Å²) in [6, 6.07) is 15.1. The highest BCUT2D eigenvalue weighted by Gasteiger charge is 2.04. The number of carbonyl (C=O) groups excluding carboxylic acids is 1. The van der Waals surface area contributed by atoms with Crippen LogP contribution in [0.4, 0.5) is 0 Å². The van der Waals surface area contributed by atoms with Crippen molar-refractivity contribution in [1.29, 1.82) is 0 Å². The molecule has 0 aliphatic heterocycles. The maximum Gasteiger partial charge on any atom is 0.258 e. The number of hydrogen-bond acceptors (Lipinski definition) is 3. The predicted octanol–water partition coefficient (Wildman–Crippen LogP) is 2.70. The second-order valence-electron chi connectivity index (χ2n) is 4.68. The zero-order valence-corrected chi connectivity index (χ0v) is 12.3. The Kier molecular flexibility index (Phi) is 5.21. The number of carbonyl (C=O) groups is 1. The van der Waals surface area contributed by atoms with Gasteiger partial charge in [0.15, 0.2) is 6.61 Å². The summed E-state index contributed by atoms with van der Waals surface area (Å²) in [6.07, 6.45) is 0. The van der Waals surface area contributed by atoms with Crippen molar-refractivity contribution in [2.45, 2.75) is 13.5 Å². The maximum absolute atomic E-state index is 11.7. The Labute approximate surface area is 124 Å². The third-order valence-electron chi connectivity index (χ3n) is 3.06. The highest BCUT2D eigenvalue weighted by molar-refractivity contribution is 5.77. The van der Waals surface area contributed by atoms with Crippen LogP contribution in [0, 0.1) is 6.92 Å². The van der Waals surface area contributed by atoms with Crippen LogP contribution in [0.25, 0.3) is 0 Å². The van der Waals surface area contributed by atoms with Gasteiger partial charge in [-0.05, 0) is 36.2 Å². The van der Waals surface area contributed by atoms with E-state index in [0.29, 0.717) is 12.3 Å². The first-order chi connectivity index (χ1) is 10.2. The minimum Gasteiger partial charge on any atom is -0.496 e. The summed E-state index contributed by atoms with van der Waals surface area (Å²) in [6.45, 7) is 2.46. The third kappa shape index (κ3) is 4.53. The molecule has 2 aromatic rings. The molecular weight excluding hydrogens is 266 g/mol. The molecule has 0 aliphatic rings. The van der Waals surface area contributed by atoms with Crippen LogP contribution in [0.2, 0.25) is 0 Å². The minimum absolute atomic E-state index is 0.0130. The van der Waals surface area contributed by atoms with Gasteiger partial charge in [0, 0.05) is 6.54 Å². The molecule has 0 spiro atoms. The molecule has 0 saturated heterocycles. The lowest BCUT2D eigenvalue weighted by molar-refractivity contribution is -0.123. The molecule has 0 heterocycles. The van der Waals surface area contributed by atoms with Crippen LogP contribution in [0.15, 0.2) is 48.5 Å². The van der Waals surface area contributed by atoms with Gasteiger partial charge in [-0.25, -0.2) is 0 Å². The second-order valence-corrected chi connectivity index (χ2v) is 4.68. The van der Waals surface area contributed by atoms with Gasteiger partial charge in [0.05, 0.1) is 7.11 Å². The van der Waals surface area contributed by atoms with Crippen molar-refractivity contribution in [2.24, 2.45) is 0 Å². The summed E-state index contributed by atoms with van der Waals surface area (Å²) in [5.41, 5.74) is 2.08. The summed E-state index contributed by atoms with van der Waals surface area (Å²) in [4.78, 5) is 11.7. The van der Waals surface area contributed by atoms with E-state index in [1.54, 1.807) is 7.11 Å². The van der Waals surface area contributed by atoms with Crippen molar-refractivity contribution >= 4 is 5.91 Å². The van der Waals surface area contributed by atoms with Gasteiger partial charge in [-0.2, -0.15) is 0 Å². The summed E-state index contributed by atoms with van der Waals surface area (Å²) >= 11 is 0. The number of nitrogens with one attached hydrogen (secondary N) is 1. The van der Waals surface area contributed by atoms with E-state index < -0.39 is 0 Å². The topological polar surface area (TPSA) is 47.6 Å². The Morgan fingerprint density at radius 2 is 1.90 bits per heavy atom. The number of hydrogen-bond donors (Lipinski definition) is 1. The highest BCUT2D eigenvalue weighted by Crippen LogP contribution is 2.18. The van der Waals surface area contributed by atoms with Gasteiger partial charge in [0.1, 0.15) is 11.5 Å². The van der Waals surface area contributed by atoms with Gasteiger partial charge in [-0.15, -0.1) is 0 Å². The van der Waals surface area contributed by atoms with Crippen LogP contribution >= 0.6 is 0 Å². The third-order valence-corrected chi connectivity index (χ3v) is 3.06. The normalized spacial score (nSPS) is 10.0. The van der Waals surface area contributed by atoms with Crippen molar-refractivity contribution in [2.75, 3.05) is 13.7 Å². The van der Waals surface area contributed by atoms with Crippen LogP contribution in [0.5, 0.6) is 11.5 Å². The van der Waals surface area contributed by atoms with Crippen LogP contribution in [-0.2, 0) is 11.3 Å². The molecule has 0 bridgehead atoms. The number of rotatable bonds is 6. The quantitative estimate of drug-likeness (QED) is 0.887. The van der Waals surface area contributed by atoms with Gasteiger partial charge < -0.3 is 14.8 Å². The maximum atomic E-state index is 11.7. The number of ether oxygens (including phenoxy) is 2. The van der Waals surface area contributed by atoms with Crippen LogP contribution in [0.1, 0.15) is 11.1 Å². The Hall–Kier alpha value is -2.49. The molecule has 0 aliphatic carbocycles. The first-order valence-electron chi connectivity index (χ1n) is 6.77. The lowest BCUT2D eigenvalue weighted by Crippen LogP contribution is -2.28. The van der Waals surface area contributed by atoms with Crippen LogP contribution < -0.4 is 14.8 Å². The fourth-order valence-electron chi connectivity index (χ4n) is 1.97. The molecular formula is C17H19NO3. The predicted molar refractivity (Wildman–Crippen MR) is 81.5 cm³/mol. The van der Waals surface area contributed by atoms with Gasteiger partial charge >= 0.3 is 0 Å². The fraction of sp³-hybridized carbons (Fsp3) is 0.235. The van der Waals surface area contributed by atoms with E-state index in [4.69, 9.17) is 9.47 Å². The van der Waals surface area contributed by atoms with Crippen LogP contribution in [-0.4, -0.2) is 19.6 Å². The Morgan fingerprint density at radius 3 is 2.57 bits per heavy atom. The largest absolute Gasteiger partial charge is 0.496 e. The molecule has 0 atom stereocenters. The first-order valence-corrected chi connectivity index (χ1v) is 6.77. The van der Waals surface area contributed by atoms with E-state index in [1.807, 2.05) is 55.5 Å². The SMILES string of the molecule is COc1ccc(CNC(=O)COc2ccccc2)cc1C.